The minimum atomic E-state index is 0.506. The van der Waals surface area contributed by atoms with Crippen molar-refractivity contribution >= 4 is 38.3 Å². The first-order chi connectivity index (χ1) is 9.26. The third kappa shape index (κ3) is 2.71. The number of aryl methyl sites for hydroxylation is 2. The fourth-order valence-corrected chi connectivity index (χ4v) is 3.45. The van der Waals surface area contributed by atoms with Crippen LogP contribution >= 0.6 is 27.3 Å². The van der Waals surface area contributed by atoms with Crippen LogP contribution in [0.3, 0.4) is 0 Å². The largest absolute Gasteiger partial charge is 0.480 e. The summed E-state index contributed by atoms with van der Waals surface area (Å²) in [5.41, 5.74) is 1.22. The number of thiazole rings is 1. The van der Waals surface area contributed by atoms with Gasteiger partial charge in [0.05, 0.1) is 23.5 Å². The first kappa shape index (κ1) is 12.8. The van der Waals surface area contributed by atoms with Gasteiger partial charge in [0.25, 0.3) is 0 Å². The van der Waals surface area contributed by atoms with Gasteiger partial charge in [0.1, 0.15) is 0 Å². The van der Waals surface area contributed by atoms with Crippen LogP contribution in [-0.4, -0.2) is 22.1 Å². The first-order valence-electron chi connectivity index (χ1n) is 6.08. The predicted molar refractivity (Wildman–Crippen MR) is 78.3 cm³/mol. The van der Waals surface area contributed by atoms with Gasteiger partial charge in [-0.2, -0.15) is 4.98 Å². The smallest absolute Gasteiger partial charge is 0.232 e. The molecule has 1 N–H and O–H groups in total. The van der Waals surface area contributed by atoms with Gasteiger partial charge in [-0.3, -0.25) is 5.32 Å². The second kappa shape index (κ2) is 5.42. The van der Waals surface area contributed by atoms with E-state index in [2.05, 4.69) is 36.2 Å². The maximum absolute atomic E-state index is 5.15. The van der Waals surface area contributed by atoms with E-state index in [9.17, 15) is 0 Å². The number of aromatic nitrogens is 3. The van der Waals surface area contributed by atoms with E-state index in [1.165, 1.54) is 23.4 Å². The highest BCUT2D eigenvalue weighted by atomic mass is 79.9. The molecule has 1 aliphatic rings. The molecule has 0 unspecified atom stereocenters. The van der Waals surface area contributed by atoms with Crippen molar-refractivity contribution < 1.29 is 4.74 Å². The maximum Gasteiger partial charge on any atom is 0.232 e. The third-order valence-corrected chi connectivity index (χ3v) is 4.59. The van der Waals surface area contributed by atoms with Crippen molar-refractivity contribution in [3.05, 3.63) is 21.2 Å². The van der Waals surface area contributed by atoms with Crippen LogP contribution in [0.15, 0.2) is 10.7 Å². The summed E-state index contributed by atoms with van der Waals surface area (Å²) in [6.07, 6.45) is 6.38. The van der Waals surface area contributed by atoms with Crippen molar-refractivity contribution in [2.24, 2.45) is 0 Å². The highest BCUT2D eigenvalue weighted by Gasteiger charge is 2.16. The molecule has 0 aliphatic heterocycles. The zero-order valence-electron chi connectivity index (χ0n) is 10.4. The molecule has 2 aromatic heterocycles. The van der Waals surface area contributed by atoms with Gasteiger partial charge < -0.3 is 4.74 Å². The predicted octanol–water partition coefficient (Wildman–Crippen LogP) is 3.33. The van der Waals surface area contributed by atoms with E-state index >= 15 is 0 Å². The molecule has 0 saturated heterocycles. The molecule has 0 radical (unpaired) electrons. The minimum absolute atomic E-state index is 0.506. The summed E-state index contributed by atoms with van der Waals surface area (Å²) in [5, 5.41) is 4.01. The number of hydrogen-bond donors (Lipinski definition) is 1. The molecule has 7 heteroatoms. The zero-order valence-corrected chi connectivity index (χ0v) is 12.8. The molecule has 0 aromatic carbocycles. The average molecular weight is 341 g/mol. The summed E-state index contributed by atoms with van der Waals surface area (Å²) in [6.45, 7) is 0. The van der Waals surface area contributed by atoms with Gasteiger partial charge in [-0.15, -0.1) is 11.3 Å². The summed E-state index contributed by atoms with van der Waals surface area (Å²) in [7, 11) is 1.58. The van der Waals surface area contributed by atoms with Gasteiger partial charge in [-0.25, -0.2) is 9.97 Å². The van der Waals surface area contributed by atoms with Crippen LogP contribution in [0.2, 0.25) is 0 Å². The molecule has 2 aromatic rings. The molecule has 2 heterocycles. The van der Waals surface area contributed by atoms with Crippen molar-refractivity contribution in [3.8, 4) is 5.88 Å². The quantitative estimate of drug-likeness (QED) is 0.928. The van der Waals surface area contributed by atoms with E-state index in [1.807, 2.05) is 0 Å². The Labute approximate surface area is 123 Å². The Morgan fingerprint density at radius 2 is 2.16 bits per heavy atom. The Morgan fingerprint density at radius 1 is 1.32 bits per heavy atom. The lowest BCUT2D eigenvalue weighted by atomic mass is 10.0. The van der Waals surface area contributed by atoms with Crippen molar-refractivity contribution in [2.75, 3.05) is 12.4 Å². The number of rotatable bonds is 3. The second-order valence-electron chi connectivity index (χ2n) is 4.27. The average Bonchev–Trinajstić information content (AvgIpc) is 2.83. The number of nitrogens with zero attached hydrogens (tertiary/aromatic N) is 3. The van der Waals surface area contributed by atoms with Crippen molar-refractivity contribution in [3.63, 3.8) is 0 Å². The van der Waals surface area contributed by atoms with E-state index in [-0.39, 0.29) is 0 Å². The van der Waals surface area contributed by atoms with E-state index in [0.717, 1.165) is 22.4 Å². The summed E-state index contributed by atoms with van der Waals surface area (Å²) in [4.78, 5) is 14.5. The number of fused-ring (bicyclic) bond motifs is 1. The Hall–Kier alpha value is -1.21. The van der Waals surface area contributed by atoms with Gasteiger partial charge in [-0.1, -0.05) is 0 Å². The molecular weight excluding hydrogens is 328 g/mol. The molecule has 0 spiro atoms. The summed E-state index contributed by atoms with van der Waals surface area (Å²) < 4.78 is 5.88. The molecule has 19 heavy (non-hydrogen) atoms. The first-order valence-corrected chi connectivity index (χ1v) is 7.69. The van der Waals surface area contributed by atoms with Gasteiger partial charge in [0, 0.05) is 4.88 Å². The van der Waals surface area contributed by atoms with Gasteiger partial charge in [-0.05, 0) is 41.6 Å². The summed E-state index contributed by atoms with van der Waals surface area (Å²) in [5.74, 6) is 1.02. The summed E-state index contributed by atoms with van der Waals surface area (Å²) in [6, 6.07) is 0. The third-order valence-electron chi connectivity index (χ3n) is 2.97. The molecule has 100 valence electrons. The Kier molecular flexibility index (Phi) is 3.65. The molecule has 0 atom stereocenters. The van der Waals surface area contributed by atoms with E-state index in [0.29, 0.717) is 11.8 Å². The number of nitrogens with one attached hydrogen (secondary N) is 1. The highest BCUT2D eigenvalue weighted by Crippen LogP contribution is 2.31. The number of methoxy groups -OCH3 is 1. The number of halogens is 1. The monoisotopic (exact) mass is 340 g/mol. The van der Waals surface area contributed by atoms with Gasteiger partial charge >= 0.3 is 0 Å². The van der Waals surface area contributed by atoms with Crippen LogP contribution < -0.4 is 10.1 Å². The second-order valence-corrected chi connectivity index (χ2v) is 6.21. The Bertz CT molecular complexity index is 578. The molecule has 3 rings (SSSR count). The number of anilines is 2. The lowest BCUT2D eigenvalue weighted by molar-refractivity contribution is 0.394. The molecule has 0 saturated carbocycles. The maximum atomic E-state index is 5.15. The van der Waals surface area contributed by atoms with Crippen LogP contribution in [0.1, 0.15) is 23.4 Å². The highest BCUT2D eigenvalue weighted by molar-refractivity contribution is 9.10. The minimum Gasteiger partial charge on any atom is -0.480 e. The van der Waals surface area contributed by atoms with E-state index in [1.54, 1.807) is 24.6 Å². The number of ether oxygens (including phenoxy) is 1. The standard InChI is InChI=1S/C12H13BrN4OS/c1-18-10-7(13)6-14-11(16-10)17-12-15-8-4-2-3-5-9(8)19-12/h6H,2-5H2,1H3,(H,14,15,16,17). The Morgan fingerprint density at radius 3 is 2.95 bits per heavy atom. The summed E-state index contributed by atoms with van der Waals surface area (Å²) >= 11 is 5.02. The molecular formula is C12H13BrN4OS. The molecule has 0 fully saturated rings. The topological polar surface area (TPSA) is 59.9 Å². The lowest BCUT2D eigenvalue weighted by Crippen LogP contribution is -2.00. The fourth-order valence-electron chi connectivity index (χ4n) is 2.06. The van der Waals surface area contributed by atoms with E-state index < -0.39 is 0 Å². The molecule has 0 amide bonds. The van der Waals surface area contributed by atoms with Crippen molar-refractivity contribution in [1.29, 1.82) is 0 Å². The van der Waals surface area contributed by atoms with E-state index in [4.69, 9.17) is 4.74 Å². The van der Waals surface area contributed by atoms with Crippen LogP contribution in [0.4, 0.5) is 11.1 Å². The van der Waals surface area contributed by atoms with Gasteiger partial charge in [0.15, 0.2) is 5.13 Å². The Balaban J connectivity index is 1.82. The lowest BCUT2D eigenvalue weighted by Gasteiger charge is -2.06. The fraction of sp³-hybridized carbons (Fsp3) is 0.417. The molecule has 5 nitrogen and oxygen atoms in total. The van der Waals surface area contributed by atoms with Gasteiger partial charge in [0.2, 0.25) is 11.8 Å². The van der Waals surface area contributed by atoms with Crippen LogP contribution in [0.5, 0.6) is 5.88 Å². The van der Waals surface area contributed by atoms with Crippen molar-refractivity contribution in [1.82, 2.24) is 15.0 Å². The SMILES string of the molecule is COc1nc(Nc2nc3c(s2)CCCC3)ncc1Br. The normalized spacial score (nSPS) is 14.0. The van der Waals surface area contributed by atoms with Crippen LogP contribution in [0, 0.1) is 0 Å². The van der Waals surface area contributed by atoms with Crippen LogP contribution in [0.25, 0.3) is 0 Å². The molecule has 0 bridgehead atoms. The zero-order chi connectivity index (χ0) is 13.2. The molecule has 1 aliphatic carbocycles. The van der Waals surface area contributed by atoms with Crippen LogP contribution in [-0.2, 0) is 12.8 Å². The number of hydrogen-bond acceptors (Lipinski definition) is 6. The van der Waals surface area contributed by atoms with Crippen molar-refractivity contribution in [2.45, 2.75) is 25.7 Å².